The maximum absolute atomic E-state index is 12.2. The molecule has 2 rings (SSSR count). The standard InChI is InChI=1S/C21H36O3/c1-3-5-6-7-20-15-12-18(21(22)24-20)11-8-17-9-13-19(14-10-17)23-16-4-2/h4,17-20H,2-3,5-16H2,1H3. The molecule has 0 bridgehead atoms. The summed E-state index contributed by atoms with van der Waals surface area (Å²) in [6.45, 7) is 6.59. The number of ether oxygens (including phenoxy) is 2. The van der Waals surface area contributed by atoms with Crippen molar-refractivity contribution in [2.45, 2.75) is 96.2 Å². The number of rotatable bonds is 10. The Morgan fingerprint density at radius 3 is 2.54 bits per heavy atom. The predicted molar refractivity (Wildman–Crippen MR) is 97.9 cm³/mol. The minimum Gasteiger partial charge on any atom is -0.462 e. The van der Waals surface area contributed by atoms with Crippen LogP contribution in [0, 0.1) is 11.8 Å². The van der Waals surface area contributed by atoms with Crippen molar-refractivity contribution in [2.75, 3.05) is 6.61 Å². The monoisotopic (exact) mass is 336 g/mol. The molecule has 2 atom stereocenters. The Labute approximate surface area is 148 Å². The van der Waals surface area contributed by atoms with E-state index in [1.54, 1.807) is 0 Å². The van der Waals surface area contributed by atoms with Gasteiger partial charge in [0.25, 0.3) is 0 Å². The van der Waals surface area contributed by atoms with Gasteiger partial charge in [-0.05, 0) is 70.1 Å². The Kier molecular flexibility index (Phi) is 8.87. The topological polar surface area (TPSA) is 35.5 Å². The lowest BCUT2D eigenvalue weighted by Gasteiger charge is -2.31. The molecule has 1 saturated heterocycles. The van der Waals surface area contributed by atoms with Crippen molar-refractivity contribution in [3.05, 3.63) is 12.7 Å². The van der Waals surface area contributed by atoms with Crippen LogP contribution in [0.25, 0.3) is 0 Å². The summed E-state index contributed by atoms with van der Waals surface area (Å²) in [7, 11) is 0. The van der Waals surface area contributed by atoms with E-state index in [0.717, 1.165) is 44.4 Å². The smallest absolute Gasteiger partial charge is 0.309 e. The largest absolute Gasteiger partial charge is 0.462 e. The highest BCUT2D eigenvalue weighted by molar-refractivity contribution is 5.73. The summed E-state index contributed by atoms with van der Waals surface area (Å²) in [5, 5.41) is 0. The van der Waals surface area contributed by atoms with Gasteiger partial charge in [-0.3, -0.25) is 4.79 Å². The fraction of sp³-hybridized carbons (Fsp3) is 0.857. The third-order valence-electron chi connectivity index (χ3n) is 5.75. The Morgan fingerprint density at radius 1 is 1.08 bits per heavy atom. The molecule has 0 amide bonds. The van der Waals surface area contributed by atoms with Gasteiger partial charge in [0.2, 0.25) is 0 Å². The molecule has 2 fully saturated rings. The molecule has 0 N–H and O–H groups in total. The lowest BCUT2D eigenvalue weighted by Crippen LogP contribution is -2.31. The van der Waals surface area contributed by atoms with E-state index >= 15 is 0 Å². The lowest BCUT2D eigenvalue weighted by atomic mass is 9.81. The van der Waals surface area contributed by atoms with E-state index in [-0.39, 0.29) is 18.0 Å². The van der Waals surface area contributed by atoms with Crippen molar-refractivity contribution in [1.82, 2.24) is 0 Å². The Hall–Kier alpha value is -0.830. The zero-order valence-corrected chi connectivity index (χ0v) is 15.5. The lowest BCUT2D eigenvalue weighted by molar-refractivity contribution is -0.161. The second-order valence-electron chi connectivity index (χ2n) is 7.67. The average molecular weight is 337 g/mol. The fourth-order valence-corrected chi connectivity index (χ4v) is 4.14. The molecular formula is C21H36O3. The molecule has 1 aliphatic carbocycles. The second kappa shape index (κ2) is 10.9. The van der Waals surface area contributed by atoms with E-state index < -0.39 is 0 Å². The van der Waals surface area contributed by atoms with Crippen LogP contribution in [-0.2, 0) is 14.3 Å². The summed E-state index contributed by atoms with van der Waals surface area (Å²) in [6.07, 6.45) is 16.3. The van der Waals surface area contributed by atoms with Crippen LogP contribution in [0.15, 0.2) is 12.7 Å². The molecule has 1 saturated carbocycles. The van der Waals surface area contributed by atoms with Crippen molar-refractivity contribution < 1.29 is 14.3 Å². The van der Waals surface area contributed by atoms with Crippen LogP contribution < -0.4 is 0 Å². The zero-order chi connectivity index (χ0) is 17.2. The van der Waals surface area contributed by atoms with Gasteiger partial charge in [-0.25, -0.2) is 0 Å². The number of cyclic esters (lactones) is 1. The van der Waals surface area contributed by atoms with Crippen LogP contribution in [0.1, 0.15) is 84.0 Å². The molecule has 0 aromatic carbocycles. The summed E-state index contributed by atoms with van der Waals surface area (Å²) in [5.74, 6) is 0.997. The van der Waals surface area contributed by atoms with E-state index in [9.17, 15) is 4.79 Å². The third-order valence-corrected chi connectivity index (χ3v) is 5.75. The van der Waals surface area contributed by atoms with Crippen LogP contribution >= 0.6 is 0 Å². The maximum atomic E-state index is 12.2. The number of hydrogen-bond acceptors (Lipinski definition) is 3. The molecule has 0 aromatic heterocycles. The first-order chi connectivity index (χ1) is 11.7. The van der Waals surface area contributed by atoms with E-state index in [1.165, 1.54) is 38.5 Å². The van der Waals surface area contributed by atoms with E-state index in [2.05, 4.69) is 13.5 Å². The molecule has 0 radical (unpaired) electrons. The molecule has 0 spiro atoms. The second-order valence-corrected chi connectivity index (χ2v) is 7.67. The first-order valence-corrected chi connectivity index (χ1v) is 10.2. The molecule has 138 valence electrons. The van der Waals surface area contributed by atoms with Gasteiger partial charge in [-0.2, -0.15) is 0 Å². The Balaban J connectivity index is 1.60. The summed E-state index contributed by atoms with van der Waals surface area (Å²) in [5.41, 5.74) is 0. The minimum absolute atomic E-state index is 0.0748. The summed E-state index contributed by atoms with van der Waals surface area (Å²) in [4.78, 5) is 12.2. The minimum atomic E-state index is 0.0748. The van der Waals surface area contributed by atoms with Gasteiger partial charge in [0.15, 0.2) is 0 Å². The van der Waals surface area contributed by atoms with Crippen molar-refractivity contribution in [2.24, 2.45) is 11.8 Å². The summed E-state index contributed by atoms with van der Waals surface area (Å²) < 4.78 is 11.4. The molecule has 3 nitrogen and oxygen atoms in total. The number of esters is 1. The van der Waals surface area contributed by atoms with Gasteiger partial charge in [0.1, 0.15) is 6.10 Å². The molecule has 0 aromatic rings. The van der Waals surface area contributed by atoms with Gasteiger partial charge >= 0.3 is 5.97 Å². The van der Waals surface area contributed by atoms with Crippen molar-refractivity contribution in [3.8, 4) is 0 Å². The highest BCUT2D eigenvalue weighted by atomic mass is 16.5. The van der Waals surface area contributed by atoms with Gasteiger partial charge in [-0.15, -0.1) is 6.58 Å². The Morgan fingerprint density at radius 2 is 1.88 bits per heavy atom. The number of carbonyl (C=O) groups excluding carboxylic acids is 1. The van der Waals surface area contributed by atoms with Gasteiger partial charge in [-0.1, -0.05) is 25.8 Å². The van der Waals surface area contributed by atoms with E-state index in [0.29, 0.717) is 12.7 Å². The van der Waals surface area contributed by atoms with Crippen LogP contribution in [0.2, 0.25) is 0 Å². The summed E-state index contributed by atoms with van der Waals surface area (Å²) >= 11 is 0. The van der Waals surface area contributed by atoms with Crippen molar-refractivity contribution in [3.63, 3.8) is 0 Å². The zero-order valence-electron chi connectivity index (χ0n) is 15.5. The van der Waals surface area contributed by atoms with Gasteiger partial charge in [0.05, 0.1) is 18.6 Å². The van der Waals surface area contributed by atoms with Crippen LogP contribution in [0.3, 0.4) is 0 Å². The molecule has 3 heteroatoms. The highest BCUT2D eigenvalue weighted by Crippen LogP contribution is 2.33. The quantitative estimate of drug-likeness (QED) is 0.303. The van der Waals surface area contributed by atoms with Gasteiger partial charge in [0, 0.05) is 0 Å². The SMILES string of the molecule is C=CCOC1CCC(CCC2CCC(CCCCC)OC2=O)CC1. The number of hydrogen-bond donors (Lipinski definition) is 0. The average Bonchev–Trinajstić information content (AvgIpc) is 2.60. The normalized spacial score (nSPS) is 30.8. The first-order valence-electron chi connectivity index (χ1n) is 10.2. The molecule has 1 aliphatic heterocycles. The third kappa shape index (κ3) is 6.58. The Bertz CT molecular complexity index is 371. The molecule has 1 heterocycles. The van der Waals surface area contributed by atoms with E-state index in [4.69, 9.17) is 9.47 Å². The molecule has 2 unspecified atom stereocenters. The van der Waals surface area contributed by atoms with Crippen LogP contribution in [0.4, 0.5) is 0 Å². The van der Waals surface area contributed by atoms with Crippen LogP contribution in [0.5, 0.6) is 0 Å². The maximum Gasteiger partial charge on any atom is 0.309 e. The first kappa shape index (κ1) is 19.5. The predicted octanol–water partition coefficient (Wildman–Crippen LogP) is 5.43. The number of carbonyl (C=O) groups is 1. The van der Waals surface area contributed by atoms with Crippen molar-refractivity contribution >= 4 is 5.97 Å². The molecule has 2 aliphatic rings. The van der Waals surface area contributed by atoms with Gasteiger partial charge < -0.3 is 9.47 Å². The molecular weight excluding hydrogens is 300 g/mol. The summed E-state index contributed by atoms with van der Waals surface area (Å²) in [6, 6.07) is 0. The number of unbranched alkanes of at least 4 members (excludes halogenated alkanes) is 2. The van der Waals surface area contributed by atoms with E-state index in [1.807, 2.05) is 6.08 Å². The highest BCUT2D eigenvalue weighted by Gasteiger charge is 2.30. The van der Waals surface area contributed by atoms with Crippen LogP contribution in [-0.4, -0.2) is 24.8 Å². The van der Waals surface area contributed by atoms with Crippen molar-refractivity contribution in [1.29, 1.82) is 0 Å². The molecule has 24 heavy (non-hydrogen) atoms. The fourth-order valence-electron chi connectivity index (χ4n) is 4.14.